The van der Waals surface area contributed by atoms with Crippen LogP contribution in [0.15, 0.2) is 0 Å². The Bertz CT molecular complexity index is 187. The molecule has 1 unspecified atom stereocenters. The topological polar surface area (TPSA) is 67.6 Å². The summed E-state index contributed by atoms with van der Waals surface area (Å²) in [7, 11) is 1.70. The lowest BCUT2D eigenvalue weighted by molar-refractivity contribution is -0.120. The molecule has 1 rings (SSSR count). The molecule has 1 amide bonds. The highest BCUT2D eigenvalue weighted by atomic mass is 16.5. The van der Waals surface area contributed by atoms with Gasteiger partial charge in [-0.2, -0.15) is 0 Å². The molecule has 1 aliphatic rings. The van der Waals surface area contributed by atoms with E-state index in [0.29, 0.717) is 0 Å². The van der Waals surface area contributed by atoms with Gasteiger partial charge in [-0.15, -0.1) is 0 Å². The van der Waals surface area contributed by atoms with E-state index in [4.69, 9.17) is 10.5 Å². The van der Waals surface area contributed by atoms with Gasteiger partial charge >= 0.3 is 0 Å². The maximum Gasteiger partial charge on any atom is 0.233 e. The Kier molecular flexibility index (Phi) is 4.86. The largest absolute Gasteiger partial charge is 0.383 e. The van der Waals surface area contributed by atoms with Crippen LogP contribution in [0, 0.1) is 0 Å². The highest BCUT2D eigenvalue weighted by Crippen LogP contribution is 2.07. The van der Waals surface area contributed by atoms with Gasteiger partial charge in [-0.25, -0.2) is 0 Å². The summed E-state index contributed by atoms with van der Waals surface area (Å²) < 4.78 is 4.99. The summed E-state index contributed by atoms with van der Waals surface area (Å²) in [5.41, 5.74) is 5.22. The molecule has 0 aromatic rings. The monoisotopic (exact) mass is 201 g/mol. The number of methoxy groups -OCH3 is 1. The number of nitrogens with two attached hydrogens (primary N) is 1. The molecule has 14 heavy (non-hydrogen) atoms. The normalized spacial score (nSPS) is 22.6. The van der Waals surface area contributed by atoms with Crippen molar-refractivity contribution in [3.8, 4) is 0 Å². The molecular formula is C9H19N3O2. The Hall–Kier alpha value is -0.650. The number of carbonyl (C=O) groups is 1. The number of ether oxygens (including phenoxy) is 1. The van der Waals surface area contributed by atoms with Gasteiger partial charge in [0.25, 0.3) is 0 Å². The Morgan fingerprint density at radius 3 is 3.14 bits per heavy atom. The lowest BCUT2D eigenvalue weighted by Gasteiger charge is -2.15. The molecule has 5 nitrogen and oxygen atoms in total. The molecule has 3 N–H and O–H groups in total. The minimum Gasteiger partial charge on any atom is -0.383 e. The van der Waals surface area contributed by atoms with Crippen LogP contribution >= 0.6 is 0 Å². The maximum atomic E-state index is 11.0. The maximum absolute atomic E-state index is 11.0. The van der Waals surface area contributed by atoms with E-state index in [1.54, 1.807) is 7.11 Å². The molecule has 82 valence electrons. The predicted octanol–water partition coefficient (Wildman–Crippen LogP) is -1.22. The molecule has 1 atom stereocenters. The van der Waals surface area contributed by atoms with E-state index in [2.05, 4.69) is 10.2 Å². The van der Waals surface area contributed by atoms with Crippen molar-refractivity contribution in [2.24, 2.45) is 5.73 Å². The zero-order valence-corrected chi connectivity index (χ0v) is 8.66. The highest BCUT2D eigenvalue weighted by Gasteiger charge is 2.22. The van der Waals surface area contributed by atoms with Crippen LogP contribution in [0.4, 0.5) is 0 Å². The second kappa shape index (κ2) is 5.95. The molecule has 5 heteroatoms. The summed E-state index contributed by atoms with van der Waals surface area (Å²) in [4.78, 5) is 13.3. The fourth-order valence-electron chi connectivity index (χ4n) is 1.66. The summed E-state index contributed by atoms with van der Waals surface area (Å²) in [6.07, 6.45) is 1.01. The molecule has 0 spiro atoms. The van der Waals surface area contributed by atoms with E-state index in [1.807, 2.05) is 0 Å². The molecule has 0 aromatic carbocycles. The minimum absolute atomic E-state index is 0.0661. The highest BCUT2D eigenvalue weighted by molar-refractivity contribution is 5.78. The third-order valence-corrected chi connectivity index (χ3v) is 2.43. The van der Waals surface area contributed by atoms with Crippen molar-refractivity contribution in [1.29, 1.82) is 0 Å². The van der Waals surface area contributed by atoms with Crippen LogP contribution in [0.3, 0.4) is 0 Å². The quantitative estimate of drug-likeness (QED) is 0.585. The molecule has 0 saturated carbocycles. The van der Waals surface area contributed by atoms with Crippen molar-refractivity contribution in [2.45, 2.75) is 12.5 Å². The third kappa shape index (κ3) is 3.61. The Balaban J connectivity index is 2.17. The first-order chi connectivity index (χ1) is 6.76. The van der Waals surface area contributed by atoms with E-state index in [1.165, 1.54) is 0 Å². The summed E-state index contributed by atoms with van der Waals surface area (Å²) in [5, 5.41) is 2.89. The van der Waals surface area contributed by atoms with Gasteiger partial charge in [-0.1, -0.05) is 0 Å². The van der Waals surface area contributed by atoms with Crippen LogP contribution in [0.2, 0.25) is 0 Å². The van der Waals surface area contributed by atoms with Crippen LogP contribution in [0.25, 0.3) is 0 Å². The van der Waals surface area contributed by atoms with Crippen molar-refractivity contribution < 1.29 is 9.53 Å². The van der Waals surface area contributed by atoms with Crippen LogP contribution in [0.1, 0.15) is 6.42 Å². The van der Waals surface area contributed by atoms with Crippen molar-refractivity contribution >= 4 is 5.91 Å². The summed E-state index contributed by atoms with van der Waals surface area (Å²) >= 11 is 0. The number of carbonyl (C=O) groups excluding carboxylic acids is 1. The zero-order valence-electron chi connectivity index (χ0n) is 8.66. The summed E-state index contributed by atoms with van der Waals surface area (Å²) in [5.74, 6) is -0.0661. The predicted molar refractivity (Wildman–Crippen MR) is 53.9 cm³/mol. The smallest absolute Gasteiger partial charge is 0.233 e. The summed E-state index contributed by atoms with van der Waals surface area (Å²) in [6, 6.07) is 0.267. The van der Waals surface area contributed by atoms with Crippen LogP contribution in [0.5, 0.6) is 0 Å². The average molecular weight is 201 g/mol. The molecule has 1 heterocycles. The van der Waals surface area contributed by atoms with E-state index in [0.717, 1.165) is 32.7 Å². The Morgan fingerprint density at radius 2 is 2.50 bits per heavy atom. The molecular weight excluding hydrogens is 182 g/mol. The van der Waals surface area contributed by atoms with E-state index in [9.17, 15) is 4.79 Å². The minimum atomic E-state index is -0.0661. The van der Waals surface area contributed by atoms with Gasteiger partial charge in [0.05, 0.1) is 13.2 Å². The third-order valence-electron chi connectivity index (χ3n) is 2.43. The number of hydrogen-bond acceptors (Lipinski definition) is 4. The molecule has 0 aliphatic carbocycles. The Morgan fingerprint density at radius 1 is 1.71 bits per heavy atom. The van der Waals surface area contributed by atoms with E-state index >= 15 is 0 Å². The second-order valence-electron chi connectivity index (χ2n) is 3.55. The molecule has 1 aliphatic heterocycles. The van der Waals surface area contributed by atoms with Gasteiger partial charge in [0.2, 0.25) is 5.91 Å². The fourth-order valence-corrected chi connectivity index (χ4v) is 1.66. The molecule has 1 saturated heterocycles. The second-order valence-corrected chi connectivity index (χ2v) is 3.55. The van der Waals surface area contributed by atoms with Gasteiger partial charge in [0, 0.05) is 32.8 Å². The first-order valence-corrected chi connectivity index (χ1v) is 4.97. The fraction of sp³-hybridized carbons (Fsp3) is 0.889. The van der Waals surface area contributed by atoms with E-state index < -0.39 is 0 Å². The van der Waals surface area contributed by atoms with Crippen LogP contribution < -0.4 is 11.1 Å². The lowest BCUT2D eigenvalue weighted by atomic mass is 10.2. The number of rotatable bonds is 5. The van der Waals surface area contributed by atoms with Gasteiger partial charge in [0.1, 0.15) is 0 Å². The van der Waals surface area contributed by atoms with Gasteiger partial charge in [-0.3, -0.25) is 9.69 Å². The van der Waals surface area contributed by atoms with E-state index in [-0.39, 0.29) is 18.5 Å². The van der Waals surface area contributed by atoms with Crippen molar-refractivity contribution in [1.82, 2.24) is 10.2 Å². The van der Waals surface area contributed by atoms with Gasteiger partial charge < -0.3 is 15.8 Å². The molecule has 0 aromatic heterocycles. The Labute approximate surface area is 84.6 Å². The first kappa shape index (κ1) is 11.4. The SMILES string of the molecule is COCCN1CCC(NC(=O)CN)C1. The number of hydrogen-bond donors (Lipinski definition) is 2. The molecule has 1 fully saturated rings. The van der Waals surface area contributed by atoms with Crippen LogP contribution in [-0.4, -0.2) is 56.7 Å². The van der Waals surface area contributed by atoms with Crippen molar-refractivity contribution in [3.63, 3.8) is 0 Å². The first-order valence-electron chi connectivity index (χ1n) is 4.97. The lowest BCUT2D eigenvalue weighted by Crippen LogP contribution is -2.40. The van der Waals surface area contributed by atoms with Crippen LogP contribution in [-0.2, 0) is 9.53 Å². The average Bonchev–Trinajstić information content (AvgIpc) is 2.62. The number of nitrogens with one attached hydrogen (secondary N) is 1. The standard InChI is InChI=1S/C9H19N3O2/c1-14-5-4-12-3-2-8(7-12)11-9(13)6-10/h8H,2-7,10H2,1H3,(H,11,13). The number of nitrogens with zero attached hydrogens (tertiary/aromatic N) is 1. The van der Waals surface area contributed by atoms with Gasteiger partial charge in [-0.05, 0) is 6.42 Å². The number of likely N-dealkylation sites (tertiary alicyclic amines) is 1. The van der Waals surface area contributed by atoms with Gasteiger partial charge in [0.15, 0.2) is 0 Å². The van der Waals surface area contributed by atoms with Crippen molar-refractivity contribution in [2.75, 3.05) is 39.9 Å². The molecule has 0 bridgehead atoms. The number of amides is 1. The molecule has 0 radical (unpaired) electrons. The zero-order chi connectivity index (χ0) is 10.4. The summed E-state index contributed by atoms with van der Waals surface area (Å²) in [6.45, 7) is 3.70. The van der Waals surface area contributed by atoms with Crippen molar-refractivity contribution in [3.05, 3.63) is 0 Å².